The minimum absolute atomic E-state index is 0.00375. The third-order valence-corrected chi connectivity index (χ3v) is 5.34. The summed E-state index contributed by atoms with van der Waals surface area (Å²) in [7, 11) is 0. The van der Waals surface area contributed by atoms with Gasteiger partial charge in [-0.3, -0.25) is 14.9 Å². The van der Waals surface area contributed by atoms with Gasteiger partial charge in [0.05, 0.1) is 13.2 Å². The number of alkyl halides is 6. The summed E-state index contributed by atoms with van der Waals surface area (Å²) in [5, 5.41) is 22.9. The summed E-state index contributed by atoms with van der Waals surface area (Å²) in [6, 6.07) is 3.37. The first kappa shape index (κ1) is 26.9. The van der Waals surface area contributed by atoms with Crippen LogP contribution < -0.4 is 5.32 Å². The molecule has 1 saturated heterocycles. The van der Waals surface area contributed by atoms with Crippen LogP contribution in [0.2, 0.25) is 0 Å². The molecule has 7 nitrogen and oxygen atoms in total. The van der Waals surface area contributed by atoms with Gasteiger partial charge in [0, 0.05) is 6.42 Å². The first-order valence-electron chi connectivity index (χ1n) is 9.86. The van der Waals surface area contributed by atoms with Crippen LogP contribution in [0.25, 0.3) is 0 Å². The van der Waals surface area contributed by atoms with E-state index in [1.165, 1.54) is 44.2 Å². The lowest BCUT2D eigenvalue weighted by Gasteiger charge is -2.54. The summed E-state index contributed by atoms with van der Waals surface area (Å²) in [6.45, 7) is 1.46. The average Bonchev–Trinajstić information content (AvgIpc) is 2.66. The maximum absolute atomic E-state index is 14.0. The number of halogens is 6. The Bertz CT molecular complexity index is 848. The summed E-state index contributed by atoms with van der Waals surface area (Å²) in [4.78, 5) is 25.2. The maximum atomic E-state index is 14.0. The number of ether oxygens (including phenoxy) is 2. The summed E-state index contributed by atoms with van der Waals surface area (Å²) in [5.41, 5.74) is -8.02. The van der Waals surface area contributed by atoms with E-state index in [0.717, 1.165) is 5.32 Å². The molecule has 186 valence electrons. The van der Waals surface area contributed by atoms with Crippen LogP contribution in [0.1, 0.15) is 19.4 Å². The minimum Gasteiger partial charge on any atom is -0.466 e. The molecule has 33 heavy (non-hydrogen) atoms. The van der Waals surface area contributed by atoms with E-state index < -0.39 is 73.1 Å². The third-order valence-electron chi connectivity index (χ3n) is 5.34. The van der Waals surface area contributed by atoms with Gasteiger partial charge in [-0.2, -0.15) is 26.3 Å². The number of nitrogens with one attached hydrogen (secondary N) is 1. The molecule has 0 aromatic heterocycles. The molecule has 0 radical (unpaired) electrons. The molecule has 0 aliphatic carbocycles. The van der Waals surface area contributed by atoms with Crippen molar-refractivity contribution in [3.8, 4) is 0 Å². The first-order valence-corrected chi connectivity index (χ1v) is 9.86. The third kappa shape index (κ3) is 5.09. The van der Waals surface area contributed by atoms with Gasteiger partial charge in [0.15, 0.2) is 0 Å². The van der Waals surface area contributed by atoms with Gasteiger partial charge in [0.2, 0.25) is 5.72 Å². The summed E-state index contributed by atoms with van der Waals surface area (Å²) in [6.07, 6.45) is -12.5. The molecule has 2 rings (SSSR count). The van der Waals surface area contributed by atoms with Crippen LogP contribution in [0.15, 0.2) is 30.3 Å². The highest BCUT2D eigenvalue weighted by Gasteiger charge is 2.77. The number of carbonyl (C=O) groups excluding carboxylic acids is 2. The molecule has 1 aliphatic rings. The molecule has 0 bridgehead atoms. The van der Waals surface area contributed by atoms with E-state index in [4.69, 9.17) is 0 Å². The second-order valence-corrected chi connectivity index (χ2v) is 7.50. The highest BCUT2D eigenvalue weighted by atomic mass is 19.4. The van der Waals surface area contributed by atoms with Gasteiger partial charge in [-0.25, -0.2) is 0 Å². The predicted molar refractivity (Wildman–Crippen MR) is 99.3 cm³/mol. The smallest absolute Gasteiger partial charge is 0.432 e. The van der Waals surface area contributed by atoms with Gasteiger partial charge < -0.3 is 19.7 Å². The van der Waals surface area contributed by atoms with Crippen molar-refractivity contribution in [3.05, 3.63) is 35.9 Å². The lowest BCUT2D eigenvalue weighted by Crippen LogP contribution is -2.82. The fourth-order valence-electron chi connectivity index (χ4n) is 4.06. The fraction of sp³-hybridized carbons (Fsp3) is 0.600. The van der Waals surface area contributed by atoms with Crippen LogP contribution in [0.3, 0.4) is 0 Å². The Hall–Kier alpha value is -2.38. The average molecular weight is 487 g/mol. The predicted octanol–water partition coefficient (Wildman–Crippen LogP) is 2.10. The van der Waals surface area contributed by atoms with Crippen LogP contribution in [-0.2, 0) is 25.5 Å². The van der Waals surface area contributed by atoms with Crippen molar-refractivity contribution in [2.45, 2.75) is 50.0 Å². The number of carbonyl (C=O) groups is 2. The normalized spacial score (nSPS) is 30.5. The van der Waals surface area contributed by atoms with Crippen molar-refractivity contribution in [2.75, 3.05) is 13.2 Å². The Morgan fingerprint density at radius 1 is 0.970 bits per heavy atom. The van der Waals surface area contributed by atoms with Crippen molar-refractivity contribution >= 4 is 11.9 Å². The van der Waals surface area contributed by atoms with Crippen molar-refractivity contribution in [2.24, 2.45) is 11.8 Å². The minimum atomic E-state index is -5.89. The first-order chi connectivity index (χ1) is 15.1. The molecular formula is C20H23F6NO6. The molecule has 3 N–H and O–H groups in total. The van der Waals surface area contributed by atoms with Crippen LogP contribution >= 0.6 is 0 Å². The highest BCUT2D eigenvalue weighted by molar-refractivity contribution is 5.81. The molecule has 0 amide bonds. The van der Waals surface area contributed by atoms with Gasteiger partial charge in [-0.05, 0) is 19.4 Å². The van der Waals surface area contributed by atoms with Gasteiger partial charge in [0.25, 0.3) is 0 Å². The summed E-state index contributed by atoms with van der Waals surface area (Å²) in [5.74, 6) is -9.38. The molecule has 1 aromatic rings. The lowest BCUT2D eigenvalue weighted by molar-refractivity contribution is -0.348. The molecule has 1 fully saturated rings. The Morgan fingerprint density at radius 2 is 1.48 bits per heavy atom. The van der Waals surface area contributed by atoms with E-state index in [1.807, 2.05) is 0 Å². The molecule has 1 aliphatic heterocycles. The topological polar surface area (TPSA) is 105 Å². The van der Waals surface area contributed by atoms with Gasteiger partial charge in [-0.15, -0.1) is 0 Å². The standard InChI is InChI=1S/C20H23F6NO6/c1-3-32-15(28)12-14(19(21,22)23)27-18(31,20(24,25)26)13(16(29)33-4-2)17(12,30)10-11-8-6-5-7-9-11/h5-9,12-14,27,30-31H,3-4,10H2,1-2H3. The number of esters is 2. The fourth-order valence-corrected chi connectivity index (χ4v) is 4.06. The quantitative estimate of drug-likeness (QED) is 0.417. The van der Waals surface area contributed by atoms with Crippen molar-refractivity contribution in [1.82, 2.24) is 5.32 Å². The van der Waals surface area contributed by atoms with E-state index in [9.17, 15) is 46.1 Å². The monoisotopic (exact) mass is 487 g/mol. The number of hydrogen-bond donors (Lipinski definition) is 3. The Balaban J connectivity index is 2.87. The Labute approximate surface area is 184 Å². The molecule has 13 heteroatoms. The Kier molecular flexibility index (Phi) is 7.71. The van der Waals surface area contributed by atoms with Crippen molar-refractivity contribution < 1.29 is 55.6 Å². The maximum Gasteiger partial charge on any atom is 0.432 e. The van der Waals surface area contributed by atoms with Gasteiger partial charge in [-0.1, -0.05) is 30.3 Å². The number of benzene rings is 1. The molecule has 1 heterocycles. The van der Waals surface area contributed by atoms with E-state index >= 15 is 0 Å². The molecular weight excluding hydrogens is 464 g/mol. The van der Waals surface area contributed by atoms with Gasteiger partial charge >= 0.3 is 24.3 Å². The lowest BCUT2D eigenvalue weighted by atomic mass is 9.62. The number of aliphatic hydroxyl groups is 2. The zero-order chi connectivity index (χ0) is 25.2. The van der Waals surface area contributed by atoms with Crippen LogP contribution in [0.5, 0.6) is 0 Å². The largest absolute Gasteiger partial charge is 0.466 e. The zero-order valence-electron chi connectivity index (χ0n) is 17.5. The molecule has 0 saturated carbocycles. The van der Waals surface area contributed by atoms with Crippen LogP contribution in [0.4, 0.5) is 26.3 Å². The SMILES string of the molecule is CCOC(=O)C1C(C(F)(F)F)NC(O)(C(F)(F)F)C(C(=O)OCC)C1(O)Cc1ccccc1. The van der Waals surface area contributed by atoms with E-state index in [-0.39, 0.29) is 5.56 Å². The van der Waals surface area contributed by atoms with E-state index in [0.29, 0.717) is 0 Å². The second-order valence-electron chi connectivity index (χ2n) is 7.50. The van der Waals surface area contributed by atoms with Crippen LogP contribution in [-0.4, -0.2) is 65.1 Å². The van der Waals surface area contributed by atoms with Crippen molar-refractivity contribution in [3.63, 3.8) is 0 Å². The number of hydrogen-bond acceptors (Lipinski definition) is 7. The second kappa shape index (κ2) is 9.47. The molecule has 1 aromatic carbocycles. The van der Waals surface area contributed by atoms with Crippen LogP contribution in [0, 0.1) is 11.8 Å². The molecule has 5 atom stereocenters. The number of piperidine rings is 1. The summed E-state index contributed by atoms with van der Waals surface area (Å²) < 4.78 is 92.9. The summed E-state index contributed by atoms with van der Waals surface area (Å²) >= 11 is 0. The van der Waals surface area contributed by atoms with Crippen molar-refractivity contribution in [1.29, 1.82) is 0 Å². The van der Waals surface area contributed by atoms with E-state index in [2.05, 4.69) is 9.47 Å². The zero-order valence-corrected chi connectivity index (χ0v) is 17.5. The number of rotatable bonds is 6. The highest BCUT2D eigenvalue weighted by Crippen LogP contribution is 2.51. The Morgan fingerprint density at radius 3 is 1.94 bits per heavy atom. The van der Waals surface area contributed by atoms with E-state index in [1.54, 1.807) is 0 Å². The molecule has 0 spiro atoms. The van der Waals surface area contributed by atoms with Gasteiger partial charge in [0.1, 0.15) is 23.5 Å². The molecule has 5 unspecified atom stereocenters.